The second kappa shape index (κ2) is 8.79. The number of Topliss-reactive ketones (excluding diaryl/α,β-unsaturated/α-hetero) is 1. The van der Waals surface area contributed by atoms with Gasteiger partial charge in [0.25, 0.3) is 5.91 Å². The van der Waals surface area contributed by atoms with Crippen LogP contribution in [-0.2, 0) is 4.79 Å². The first kappa shape index (κ1) is 20.4. The fraction of sp³-hybridized carbons (Fsp3) is 0.273. The zero-order valence-corrected chi connectivity index (χ0v) is 16.6. The molecule has 2 aromatic rings. The Morgan fingerprint density at radius 2 is 2.03 bits per heavy atom. The molecule has 1 atom stereocenters. The Morgan fingerprint density at radius 1 is 1.31 bits per heavy atom. The fourth-order valence-corrected chi connectivity index (χ4v) is 3.25. The molecule has 1 aliphatic rings. The summed E-state index contributed by atoms with van der Waals surface area (Å²) in [6.07, 6.45) is 3.03. The van der Waals surface area contributed by atoms with E-state index in [1.54, 1.807) is 36.4 Å². The van der Waals surface area contributed by atoms with E-state index in [-0.39, 0.29) is 11.3 Å². The number of benzene rings is 1. The summed E-state index contributed by atoms with van der Waals surface area (Å²) in [5, 5.41) is 10.5. The fourth-order valence-electron chi connectivity index (χ4n) is 3.25. The number of nitrogens with one attached hydrogen (secondary N) is 1. The lowest BCUT2D eigenvalue weighted by molar-refractivity contribution is -0.857. The highest BCUT2D eigenvalue weighted by Gasteiger charge is 2.44. The second-order valence-corrected chi connectivity index (χ2v) is 7.10. The molecule has 152 valence electrons. The molecular weight excluding hydrogens is 372 g/mol. The third-order valence-corrected chi connectivity index (χ3v) is 4.71. The van der Waals surface area contributed by atoms with Gasteiger partial charge in [-0.25, -0.2) is 0 Å². The van der Waals surface area contributed by atoms with E-state index in [0.29, 0.717) is 31.0 Å². The van der Waals surface area contributed by atoms with Crippen molar-refractivity contribution >= 4 is 11.7 Å². The Kier molecular flexibility index (Phi) is 6.19. The number of carbonyl (C=O) groups is 2. The van der Waals surface area contributed by atoms with Gasteiger partial charge in [0.05, 0.1) is 45.1 Å². The zero-order valence-electron chi connectivity index (χ0n) is 16.6. The van der Waals surface area contributed by atoms with Crippen LogP contribution in [0.25, 0.3) is 0 Å². The highest BCUT2D eigenvalue weighted by atomic mass is 16.5. The van der Waals surface area contributed by atoms with Crippen LogP contribution in [0.4, 0.5) is 0 Å². The molecule has 7 heteroatoms. The standard InChI is InChI=1S/C22H24N2O5/c1-4-13-28-16-9-7-15(8-10-16)19-18(20(25)17-6-5-14-29-17)21(26)22(27)24(19)12-11-23(2)3/h4-10,14,19,26H,1,11-13H2,2-3H3/p+1/t19-/m0/s1. The number of nitrogens with zero attached hydrogens (tertiary/aromatic N) is 1. The number of ether oxygens (including phenoxy) is 1. The summed E-state index contributed by atoms with van der Waals surface area (Å²) in [5.41, 5.74) is 0.732. The van der Waals surface area contributed by atoms with Gasteiger partial charge in [-0.05, 0) is 29.8 Å². The van der Waals surface area contributed by atoms with Crippen LogP contribution in [0.2, 0.25) is 0 Å². The molecule has 1 aliphatic heterocycles. The lowest BCUT2D eigenvalue weighted by Crippen LogP contribution is -3.06. The number of aliphatic hydroxyl groups excluding tert-OH is 1. The van der Waals surface area contributed by atoms with Crippen molar-refractivity contribution in [2.45, 2.75) is 6.04 Å². The number of aliphatic hydroxyl groups is 1. The molecule has 0 unspecified atom stereocenters. The minimum absolute atomic E-state index is 0.0264. The molecule has 1 aromatic heterocycles. The minimum atomic E-state index is -0.701. The number of likely N-dealkylation sites (N-methyl/N-ethyl adjacent to an activating group) is 1. The van der Waals surface area contributed by atoms with Crippen molar-refractivity contribution in [2.75, 3.05) is 33.8 Å². The van der Waals surface area contributed by atoms with Gasteiger partial charge in [0.15, 0.2) is 11.5 Å². The summed E-state index contributed by atoms with van der Waals surface area (Å²) in [5.74, 6) is -0.863. The summed E-state index contributed by atoms with van der Waals surface area (Å²) in [6, 6.07) is 9.53. The first-order valence-electron chi connectivity index (χ1n) is 9.39. The molecule has 0 saturated carbocycles. The van der Waals surface area contributed by atoms with Crippen LogP contribution >= 0.6 is 0 Å². The average molecular weight is 397 g/mol. The van der Waals surface area contributed by atoms with Crippen molar-refractivity contribution in [3.63, 3.8) is 0 Å². The van der Waals surface area contributed by atoms with Crippen LogP contribution in [0.15, 0.2) is 71.1 Å². The molecule has 0 saturated heterocycles. The van der Waals surface area contributed by atoms with Crippen molar-refractivity contribution < 1.29 is 28.7 Å². The quantitative estimate of drug-likeness (QED) is 0.496. The third kappa shape index (κ3) is 4.25. The molecule has 1 aromatic carbocycles. The van der Waals surface area contributed by atoms with Crippen molar-refractivity contribution in [3.05, 3.63) is 78.0 Å². The number of ketones is 1. The largest absolute Gasteiger partial charge is 0.503 e. The van der Waals surface area contributed by atoms with Crippen molar-refractivity contribution in [2.24, 2.45) is 0 Å². The molecule has 1 amide bonds. The third-order valence-electron chi connectivity index (χ3n) is 4.71. The summed E-state index contributed by atoms with van der Waals surface area (Å²) in [6.45, 7) is 5.05. The molecule has 0 aliphatic carbocycles. The molecule has 29 heavy (non-hydrogen) atoms. The summed E-state index contributed by atoms with van der Waals surface area (Å²) >= 11 is 0. The molecule has 0 fully saturated rings. The van der Waals surface area contributed by atoms with Gasteiger partial charge < -0.3 is 24.1 Å². The maximum absolute atomic E-state index is 13.0. The second-order valence-electron chi connectivity index (χ2n) is 7.10. The number of rotatable bonds is 9. The van der Waals surface area contributed by atoms with Gasteiger partial charge in [0.2, 0.25) is 5.78 Å². The smallest absolute Gasteiger partial charge is 0.290 e. The van der Waals surface area contributed by atoms with Crippen LogP contribution in [0.5, 0.6) is 5.75 Å². The Hall–Kier alpha value is -3.32. The van der Waals surface area contributed by atoms with Gasteiger partial charge in [0.1, 0.15) is 12.4 Å². The molecule has 0 radical (unpaired) electrons. The highest BCUT2D eigenvalue weighted by molar-refractivity contribution is 6.15. The van der Waals surface area contributed by atoms with E-state index >= 15 is 0 Å². The zero-order chi connectivity index (χ0) is 21.0. The number of hydrogen-bond acceptors (Lipinski definition) is 5. The Balaban J connectivity index is 1.99. The maximum Gasteiger partial charge on any atom is 0.290 e. The molecule has 0 spiro atoms. The molecule has 7 nitrogen and oxygen atoms in total. The molecule has 0 bridgehead atoms. The van der Waals surface area contributed by atoms with Crippen LogP contribution in [0.3, 0.4) is 0 Å². The Labute approximate surface area is 169 Å². The lowest BCUT2D eigenvalue weighted by Gasteiger charge is -2.27. The first-order valence-corrected chi connectivity index (χ1v) is 9.39. The average Bonchev–Trinajstić information content (AvgIpc) is 3.33. The predicted octanol–water partition coefficient (Wildman–Crippen LogP) is 1.57. The molecule has 3 rings (SSSR count). The van der Waals surface area contributed by atoms with Gasteiger partial charge in [-0.3, -0.25) is 9.59 Å². The van der Waals surface area contributed by atoms with E-state index in [9.17, 15) is 14.7 Å². The van der Waals surface area contributed by atoms with Gasteiger partial charge in [0, 0.05) is 0 Å². The van der Waals surface area contributed by atoms with E-state index < -0.39 is 23.5 Å². The molecular formula is C22H25N2O5+. The van der Waals surface area contributed by atoms with Gasteiger partial charge >= 0.3 is 0 Å². The SMILES string of the molecule is C=CCOc1ccc([C@H]2C(C(=O)c3ccco3)=C(O)C(=O)N2CC[NH+](C)C)cc1. The first-order chi connectivity index (χ1) is 13.9. The van der Waals surface area contributed by atoms with E-state index in [2.05, 4.69) is 6.58 Å². The van der Waals surface area contributed by atoms with E-state index in [1.807, 2.05) is 14.1 Å². The summed E-state index contributed by atoms with van der Waals surface area (Å²) in [7, 11) is 3.95. The number of quaternary nitrogens is 1. The molecule has 2 heterocycles. The van der Waals surface area contributed by atoms with Crippen LogP contribution < -0.4 is 9.64 Å². The van der Waals surface area contributed by atoms with E-state index in [4.69, 9.17) is 9.15 Å². The monoisotopic (exact) mass is 397 g/mol. The van der Waals surface area contributed by atoms with Crippen molar-refractivity contribution in [1.29, 1.82) is 0 Å². The maximum atomic E-state index is 13.0. The number of furan rings is 1. The van der Waals surface area contributed by atoms with E-state index in [1.165, 1.54) is 17.2 Å². The molecule has 2 N–H and O–H groups in total. The summed E-state index contributed by atoms with van der Waals surface area (Å²) in [4.78, 5) is 28.5. The number of amides is 1. The summed E-state index contributed by atoms with van der Waals surface area (Å²) < 4.78 is 10.7. The van der Waals surface area contributed by atoms with Crippen molar-refractivity contribution in [3.8, 4) is 5.75 Å². The predicted molar refractivity (Wildman–Crippen MR) is 107 cm³/mol. The van der Waals surface area contributed by atoms with Crippen molar-refractivity contribution in [1.82, 2.24) is 4.90 Å². The minimum Gasteiger partial charge on any atom is -0.503 e. The number of hydrogen-bond donors (Lipinski definition) is 2. The van der Waals surface area contributed by atoms with E-state index in [0.717, 1.165) is 4.90 Å². The Bertz CT molecular complexity index is 913. The number of carbonyl (C=O) groups excluding carboxylic acids is 2. The van der Waals surface area contributed by atoms with Crippen LogP contribution in [-0.4, -0.2) is 55.5 Å². The highest BCUT2D eigenvalue weighted by Crippen LogP contribution is 2.39. The van der Waals surface area contributed by atoms with Crippen LogP contribution in [0.1, 0.15) is 22.2 Å². The Morgan fingerprint density at radius 3 is 2.62 bits per heavy atom. The van der Waals surface area contributed by atoms with Crippen LogP contribution in [0, 0.1) is 0 Å². The normalized spacial score (nSPS) is 16.6. The van der Waals surface area contributed by atoms with Gasteiger partial charge in [-0.2, -0.15) is 0 Å². The topological polar surface area (TPSA) is 84.4 Å². The van der Waals surface area contributed by atoms with Gasteiger partial charge in [-0.1, -0.05) is 24.8 Å². The van der Waals surface area contributed by atoms with Gasteiger partial charge in [-0.15, -0.1) is 0 Å². The lowest BCUT2D eigenvalue weighted by atomic mass is 9.95.